The fourth-order valence-electron chi connectivity index (χ4n) is 8.70. The average Bonchev–Trinajstić information content (AvgIpc) is 3.83. The molecule has 3 heterocycles. The van der Waals surface area contributed by atoms with E-state index in [2.05, 4.69) is 26.2 Å². The molecule has 0 unspecified atom stereocenters. The highest BCUT2D eigenvalue weighted by Gasteiger charge is 2.69. The van der Waals surface area contributed by atoms with E-state index in [1.54, 1.807) is 11.8 Å². The SMILES string of the molecule is O=C(COc1cccc([C@@H]2c3sc(=O)[nH]c3S[C@@H]3[C@@H]4C[C@@H]([C@@H]5C(=O)N(c6ccc(Br)cc6)C(=O)[C@@H]45)[C@H]23)c1)Nc1cccc2ccccc12. The minimum absolute atomic E-state index is 0.000739. The Morgan fingerprint density at radius 3 is 2.50 bits per heavy atom. The molecule has 2 bridgehead atoms. The molecule has 240 valence electrons. The predicted molar refractivity (Wildman–Crippen MR) is 190 cm³/mol. The molecular weight excluding hydrogens is 710 g/mol. The number of thioether (sulfide) groups is 1. The normalized spacial score (nSPS) is 26.8. The molecule has 1 saturated heterocycles. The number of aromatic nitrogens is 1. The van der Waals surface area contributed by atoms with Crippen LogP contribution in [0, 0.1) is 29.6 Å². The number of anilines is 2. The van der Waals surface area contributed by atoms with Crippen molar-refractivity contribution in [2.45, 2.75) is 22.6 Å². The molecule has 2 aliphatic carbocycles. The van der Waals surface area contributed by atoms with Crippen LogP contribution < -0.4 is 19.8 Å². The molecule has 7 atom stereocenters. The van der Waals surface area contributed by atoms with Crippen LogP contribution >= 0.6 is 39.0 Å². The summed E-state index contributed by atoms with van der Waals surface area (Å²) in [6.45, 7) is -0.168. The summed E-state index contributed by atoms with van der Waals surface area (Å²) in [6, 6.07) is 28.7. The van der Waals surface area contributed by atoms with Crippen LogP contribution in [-0.4, -0.2) is 34.6 Å². The Kier molecular flexibility index (Phi) is 7.14. The zero-order valence-corrected chi connectivity index (χ0v) is 28.5. The van der Waals surface area contributed by atoms with Gasteiger partial charge in [0.1, 0.15) is 5.75 Å². The maximum Gasteiger partial charge on any atom is 0.305 e. The lowest BCUT2D eigenvalue weighted by Crippen LogP contribution is -2.42. The van der Waals surface area contributed by atoms with Crippen LogP contribution in [-0.2, 0) is 14.4 Å². The molecule has 4 aliphatic rings. The number of carbonyl (C=O) groups is 3. The molecule has 11 heteroatoms. The Labute approximate surface area is 292 Å². The smallest absolute Gasteiger partial charge is 0.305 e. The van der Waals surface area contributed by atoms with Gasteiger partial charge in [0.2, 0.25) is 11.8 Å². The molecule has 1 aromatic heterocycles. The number of nitrogens with one attached hydrogen (secondary N) is 2. The molecule has 4 aromatic carbocycles. The van der Waals surface area contributed by atoms with E-state index in [1.807, 2.05) is 91.0 Å². The number of carbonyl (C=O) groups excluding carboxylic acids is 3. The summed E-state index contributed by atoms with van der Waals surface area (Å²) in [5.74, 6) is -0.751. The van der Waals surface area contributed by atoms with Crippen LogP contribution in [0.4, 0.5) is 11.4 Å². The highest BCUT2D eigenvalue weighted by Crippen LogP contribution is 2.68. The molecule has 3 fully saturated rings. The second-order valence-corrected chi connectivity index (χ2v) is 16.0. The average molecular weight is 739 g/mol. The highest BCUT2D eigenvalue weighted by molar-refractivity contribution is 9.10. The van der Waals surface area contributed by atoms with Crippen LogP contribution in [0.25, 0.3) is 10.8 Å². The lowest BCUT2D eigenvalue weighted by Gasteiger charge is -2.43. The first-order valence-electron chi connectivity index (χ1n) is 15.9. The Hall–Kier alpha value is -4.19. The van der Waals surface area contributed by atoms with Crippen molar-refractivity contribution < 1.29 is 19.1 Å². The number of halogens is 1. The van der Waals surface area contributed by atoms with Gasteiger partial charge in [-0.3, -0.25) is 24.1 Å². The number of nitrogens with zero attached hydrogens (tertiary/aromatic N) is 1. The molecule has 8 nitrogen and oxygen atoms in total. The fraction of sp³-hybridized carbons (Fsp3) is 0.243. The Bertz CT molecular complexity index is 2190. The third kappa shape index (κ3) is 4.69. The monoisotopic (exact) mass is 737 g/mol. The van der Waals surface area contributed by atoms with E-state index in [4.69, 9.17) is 4.74 Å². The molecule has 2 N–H and O–H groups in total. The molecule has 2 aliphatic heterocycles. The van der Waals surface area contributed by atoms with Crippen molar-refractivity contribution >= 4 is 78.9 Å². The number of ether oxygens (including phenoxy) is 1. The lowest BCUT2D eigenvalue weighted by atomic mass is 9.68. The molecule has 3 amide bonds. The van der Waals surface area contributed by atoms with Gasteiger partial charge in [0.15, 0.2) is 6.61 Å². The third-order valence-corrected chi connectivity index (χ3v) is 13.6. The summed E-state index contributed by atoms with van der Waals surface area (Å²) in [6.07, 6.45) is 0.809. The fourth-order valence-corrected chi connectivity index (χ4v) is 11.9. The summed E-state index contributed by atoms with van der Waals surface area (Å²) < 4.78 is 6.91. The van der Waals surface area contributed by atoms with Crippen molar-refractivity contribution in [1.29, 1.82) is 0 Å². The molecule has 9 rings (SSSR count). The van der Waals surface area contributed by atoms with Gasteiger partial charge in [-0.15, -0.1) is 11.8 Å². The first kappa shape index (κ1) is 29.9. The largest absolute Gasteiger partial charge is 0.484 e. The van der Waals surface area contributed by atoms with Crippen molar-refractivity contribution in [3.05, 3.63) is 116 Å². The Balaban J connectivity index is 0.999. The number of amides is 3. The number of rotatable bonds is 6. The predicted octanol–water partition coefficient (Wildman–Crippen LogP) is 7.05. The number of H-pyrrole nitrogens is 1. The van der Waals surface area contributed by atoms with Crippen LogP contribution in [0.3, 0.4) is 0 Å². The number of hydrogen-bond donors (Lipinski definition) is 2. The van der Waals surface area contributed by atoms with Gasteiger partial charge in [-0.2, -0.15) is 0 Å². The van der Waals surface area contributed by atoms with E-state index in [1.165, 1.54) is 16.2 Å². The van der Waals surface area contributed by atoms with Crippen molar-refractivity contribution in [3.8, 4) is 5.75 Å². The first-order chi connectivity index (χ1) is 23.4. The number of hydrogen-bond acceptors (Lipinski definition) is 7. The number of thiazole rings is 1. The summed E-state index contributed by atoms with van der Waals surface area (Å²) in [5, 5.41) is 5.90. The second-order valence-electron chi connectivity index (χ2n) is 12.9. The van der Waals surface area contributed by atoms with Gasteiger partial charge < -0.3 is 15.0 Å². The topological polar surface area (TPSA) is 109 Å². The molecule has 5 aromatic rings. The minimum atomic E-state index is -0.384. The van der Waals surface area contributed by atoms with E-state index in [-0.39, 0.29) is 70.0 Å². The van der Waals surface area contributed by atoms with Crippen LogP contribution in [0.2, 0.25) is 0 Å². The molecule has 0 spiro atoms. The van der Waals surface area contributed by atoms with Crippen LogP contribution in [0.15, 0.2) is 105 Å². The second kappa shape index (κ2) is 11.5. The molecule has 48 heavy (non-hydrogen) atoms. The van der Waals surface area contributed by atoms with Crippen molar-refractivity contribution in [2.24, 2.45) is 29.6 Å². The number of fused-ring (bicyclic) bond motifs is 10. The van der Waals surface area contributed by atoms with E-state index >= 15 is 0 Å². The standard InChI is InChI=1S/C37H28BrN3O5S2/c38-20-11-13-21(14-12-20)41-35(43)30-24-16-25(31(30)36(41)44)32-29(24)28(33-34(47-32)40-37(45)48-33)19-7-3-8-22(15-19)46-17-27(42)39-26-10-4-6-18-5-1-2-9-23(18)26/h1-15,24-25,28-32H,16-17H2,(H,39,42)(H,40,45)/t24-,25-,28+,29-,30+,31+,32-/m1/s1. The highest BCUT2D eigenvalue weighted by atomic mass is 79.9. The van der Waals surface area contributed by atoms with Crippen molar-refractivity contribution in [2.75, 3.05) is 16.8 Å². The van der Waals surface area contributed by atoms with Gasteiger partial charge in [0, 0.05) is 31.6 Å². The van der Waals surface area contributed by atoms with E-state index < -0.39 is 0 Å². The van der Waals surface area contributed by atoms with Crippen LogP contribution in [0.1, 0.15) is 22.8 Å². The van der Waals surface area contributed by atoms with E-state index in [0.29, 0.717) is 11.4 Å². The molecular formula is C37H28BrN3O5S2. The summed E-state index contributed by atoms with van der Waals surface area (Å²) in [4.78, 5) is 58.9. The Morgan fingerprint density at radius 1 is 0.917 bits per heavy atom. The first-order valence-corrected chi connectivity index (χ1v) is 18.4. The van der Waals surface area contributed by atoms with Gasteiger partial charge in [0.05, 0.1) is 22.5 Å². The number of aromatic amines is 1. The van der Waals surface area contributed by atoms with Crippen molar-refractivity contribution in [1.82, 2.24) is 4.98 Å². The van der Waals surface area contributed by atoms with Gasteiger partial charge in [-0.05, 0) is 77.6 Å². The zero-order valence-electron chi connectivity index (χ0n) is 25.3. The zero-order chi connectivity index (χ0) is 32.7. The maximum atomic E-state index is 14.0. The number of imide groups is 1. The maximum absolute atomic E-state index is 14.0. The van der Waals surface area contributed by atoms with Crippen LogP contribution in [0.5, 0.6) is 5.75 Å². The molecule has 2 saturated carbocycles. The van der Waals surface area contributed by atoms with E-state index in [0.717, 1.165) is 42.8 Å². The quantitative estimate of drug-likeness (QED) is 0.181. The van der Waals surface area contributed by atoms with Crippen molar-refractivity contribution in [3.63, 3.8) is 0 Å². The van der Waals surface area contributed by atoms with Gasteiger partial charge in [0.25, 0.3) is 5.91 Å². The van der Waals surface area contributed by atoms with E-state index in [9.17, 15) is 19.2 Å². The van der Waals surface area contributed by atoms with Gasteiger partial charge in [-0.1, -0.05) is 75.8 Å². The minimum Gasteiger partial charge on any atom is -0.484 e. The van der Waals surface area contributed by atoms with Gasteiger partial charge in [-0.25, -0.2) is 0 Å². The number of benzene rings is 4. The summed E-state index contributed by atoms with van der Waals surface area (Å²) >= 11 is 6.33. The summed E-state index contributed by atoms with van der Waals surface area (Å²) in [5.41, 5.74) is 2.30. The third-order valence-electron chi connectivity index (χ3n) is 10.5. The molecule has 0 radical (unpaired) electrons. The summed E-state index contributed by atoms with van der Waals surface area (Å²) in [7, 11) is 0. The lowest BCUT2D eigenvalue weighted by molar-refractivity contribution is -0.123. The Morgan fingerprint density at radius 2 is 1.67 bits per heavy atom. The van der Waals surface area contributed by atoms with Gasteiger partial charge >= 0.3 is 4.87 Å².